The van der Waals surface area contributed by atoms with Crippen molar-refractivity contribution in [2.24, 2.45) is 62.1 Å². The van der Waals surface area contributed by atoms with Gasteiger partial charge in [-0.3, -0.25) is 9.59 Å². The molecule has 5 saturated carbocycles. The van der Waals surface area contributed by atoms with Gasteiger partial charge in [0, 0.05) is 18.5 Å². The molecule has 1 saturated heterocycles. The molecule has 10 atom stereocenters. The second-order valence-corrected chi connectivity index (χ2v) is 20.7. The van der Waals surface area contributed by atoms with Gasteiger partial charge in [0.15, 0.2) is 0 Å². The fraction of sp³-hybridized carbons (Fsp3) is 0.891. The second-order valence-electron chi connectivity index (χ2n) is 20.7. The van der Waals surface area contributed by atoms with Gasteiger partial charge in [-0.05, 0) is 153 Å². The number of esters is 1. The predicted octanol–water partition coefficient (Wildman–Crippen LogP) is 11.5. The zero-order valence-electron chi connectivity index (χ0n) is 35.5. The van der Waals surface area contributed by atoms with Gasteiger partial charge >= 0.3 is 18.0 Å². The van der Waals surface area contributed by atoms with Crippen molar-refractivity contribution >= 4 is 18.0 Å². The Morgan fingerprint density at radius 3 is 2.13 bits per heavy atom. The average Bonchev–Trinajstić information content (AvgIpc) is 3.47. The van der Waals surface area contributed by atoms with Crippen LogP contribution in [0, 0.1) is 62.1 Å². The molecule has 1 N–H and O–H groups in total. The molecule has 0 radical (unpaired) electrons. The summed E-state index contributed by atoms with van der Waals surface area (Å²) in [4.78, 5) is 39.5. The molecule has 4 unspecified atom stereocenters. The summed E-state index contributed by atoms with van der Waals surface area (Å²) >= 11 is 0. The molecule has 1 aliphatic heterocycles. The molecule has 0 aromatic heterocycles. The Morgan fingerprint density at radius 1 is 0.811 bits per heavy atom. The van der Waals surface area contributed by atoms with E-state index in [1.54, 1.807) is 0 Å². The highest BCUT2D eigenvalue weighted by molar-refractivity contribution is 5.73. The first-order chi connectivity index (χ1) is 24.8. The summed E-state index contributed by atoms with van der Waals surface area (Å²) in [5.74, 6) is 1.75. The number of likely N-dealkylation sites (tertiary alicyclic amines) is 1. The minimum Gasteiger partial charge on any atom is -0.481 e. The van der Waals surface area contributed by atoms with E-state index >= 15 is 0 Å². The normalized spacial score (nSPS) is 40.2. The van der Waals surface area contributed by atoms with Crippen molar-refractivity contribution in [1.29, 1.82) is 0 Å². The third-order valence-corrected chi connectivity index (χ3v) is 17.1. The van der Waals surface area contributed by atoms with E-state index in [4.69, 9.17) is 9.47 Å². The Labute approximate surface area is 323 Å². The van der Waals surface area contributed by atoms with Gasteiger partial charge in [-0.15, -0.1) is 0 Å². The molecule has 1 heterocycles. The number of carboxylic acid groups (broad SMARTS) is 1. The van der Waals surface area contributed by atoms with Gasteiger partial charge in [-0.2, -0.15) is 0 Å². The summed E-state index contributed by atoms with van der Waals surface area (Å²) in [6, 6.07) is 0. The van der Waals surface area contributed by atoms with Gasteiger partial charge in [-0.1, -0.05) is 74.5 Å². The number of carbonyl (C=O) groups is 3. The van der Waals surface area contributed by atoms with Crippen molar-refractivity contribution in [2.75, 3.05) is 19.7 Å². The van der Waals surface area contributed by atoms with Crippen LogP contribution < -0.4 is 0 Å². The number of nitrogens with zero attached hydrogens (tertiary/aromatic N) is 1. The van der Waals surface area contributed by atoms with Crippen LogP contribution in [0.1, 0.15) is 172 Å². The van der Waals surface area contributed by atoms with Crippen LogP contribution >= 0.6 is 0 Å². The fourth-order valence-electron chi connectivity index (χ4n) is 14.5. The lowest BCUT2D eigenvalue weighted by atomic mass is 9.32. The lowest BCUT2D eigenvalue weighted by Crippen LogP contribution is -2.66. The quantitative estimate of drug-likeness (QED) is 0.187. The van der Waals surface area contributed by atoms with Gasteiger partial charge in [0.1, 0.15) is 6.10 Å². The van der Waals surface area contributed by atoms with Crippen molar-refractivity contribution in [3.05, 3.63) is 12.2 Å². The number of hydrogen-bond acceptors (Lipinski definition) is 5. The van der Waals surface area contributed by atoms with Crippen LogP contribution in [0.15, 0.2) is 12.2 Å². The second kappa shape index (κ2) is 15.5. The summed E-state index contributed by atoms with van der Waals surface area (Å²) < 4.78 is 12.3. The molecule has 53 heavy (non-hydrogen) atoms. The first-order valence-corrected chi connectivity index (χ1v) is 21.8. The number of aliphatic carboxylic acids is 1. The molecule has 6 rings (SSSR count). The summed E-state index contributed by atoms with van der Waals surface area (Å²) in [7, 11) is 0. The predicted molar refractivity (Wildman–Crippen MR) is 212 cm³/mol. The third kappa shape index (κ3) is 7.48. The minimum absolute atomic E-state index is 0.0435. The van der Waals surface area contributed by atoms with Gasteiger partial charge in [0.05, 0.1) is 19.4 Å². The molecule has 0 spiro atoms. The molecule has 1 amide bonds. The Morgan fingerprint density at radius 2 is 1.49 bits per heavy atom. The Hall–Kier alpha value is -2.05. The van der Waals surface area contributed by atoms with E-state index in [0.29, 0.717) is 36.2 Å². The lowest BCUT2D eigenvalue weighted by Gasteiger charge is -2.73. The smallest absolute Gasteiger partial charge is 0.409 e. The van der Waals surface area contributed by atoms with Crippen molar-refractivity contribution in [1.82, 2.24) is 4.90 Å². The van der Waals surface area contributed by atoms with Gasteiger partial charge in [0.2, 0.25) is 0 Å². The number of fused-ring (bicyclic) bond motifs is 7. The number of rotatable bonds is 9. The fourth-order valence-corrected chi connectivity index (χ4v) is 14.5. The van der Waals surface area contributed by atoms with Crippen LogP contribution in [0.3, 0.4) is 0 Å². The lowest BCUT2D eigenvalue weighted by molar-refractivity contribution is -0.251. The van der Waals surface area contributed by atoms with Crippen molar-refractivity contribution in [3.63, 3.8) is 0 Å². The third-order valence-electron chi connectivity index (χ3n) is 17.1. The molecule has 7 nitrogen and oxygen atoms in total. The summed E-state index contributed by atoms with van der Waals surface area (Å²) in [6.07, 6.45) is 15.9. The number of amides is 1. The topological polar surface area (TPSA) is 93.1 Å². The highest BCUT2D eigenvalue weighted by Crippen LogP contribution is 2.78. The Balaban J connectivity index is 0.00000266. The van der Waals surface area contributed by atoms with Crippen molar-refractivity contribution in [3.8, 4) is 0 Å². The van der Waals surface area contributed by atoms with Crippen LogP contribution in [0.25, 0.3) is 0 Å². The van der Waals surface area contributed by atoms with Crippen LogP contribution in [-0.4, -0.2) is 53.8 Å². The molecule has 302 valence electrons. The van der Waals surface area contributed by atoms with Gasteiger partial charge < -0.3 is 19.5 Å². The van der Waals surface area contributed by atoms with Crippen molar-refractivity contribution in [2.45, 2.75) is 178 Å². The largest absolute Gasteiger partial charge is 0.481 e. The average molecular weight is 740 g/mol. The van der Waals surface area contributed by atoms with E-state index < -0.39 is 11.4 Å². The Bertz CT molecular complexity index is 1370. The SMILES string of the molecule is C=C(C)[C@@H]1CC[C@]2(CCOC(=O)N3CCCCC3)CC[C@]3(C)[C@H](CCC4[C@@]5(C)CCC(OC(=O)CC(C)(C)CC(=O)O)C(C)(C)C5CC[C@]43C)C12.CC. The van der Waals surface area contributed by atoms with Crippen LogP contribution in [0.5, 0.6) is 0 Å². The molecule has 0 aromatic carbocycles. The number of ether oxygens (including phenoxy) is 2. The first kappa shape index (κ1) is 42.1. The highest BCUT2D eigenvalue weighted by atomic mass is 16.6. The summed E-state index contributed by atoms with van der Waals surface area (Å²) in [5.41, 5.74) is 1.44. The molecule has 0 aromatic rings. The van der Waals surface area contributed by atoms with E-state index in [1.807, 2.05) is 32.6 Å². The zero-order valence-corrected chi connectivity index (χ0v) is 35.5. The first-order valence-electron chi connectivity index (χ1n) is 21.8. The Kier molecular flexibility index (Phi) is 12.3. The van der Waals surface area contributed by atoms with Crippen molar-refractivity contribution < 1.29 is 29.0 Å². The number of carboxylic acids is 1. The monoisotopic (exact) mass is 740 g/mol. The maximum absolute atomic E-state index is 13.2. The molecule has 5 aliphatic carbocycles. The van der Waals surface area contributed by atoms with Crippen LogP contribution in [0.2, 0.25) is 0 Å². The number of hydrogen-bond donors (Lipinski definition) is 1. The maximum Gasteiger partial charge on any atom is 0.409 e. The van der Waals surface area contributed by atoms with Crippen LogP contribution in [-0.2, 0) is 19.1 Å². The standard InChI is InChI=1S/C44H71NO6.C2H6/c1-29(2)30-15-20-44(23-26-50-38(49)45-24-11-10-12-25-45)22-21-42(8)31(37(30)44)13-14-33-41(7)18-17-34(40(5,6)32(41)16-19-43(33,42)9)51-36(48)28-39(3,4)27-35(46)47;1-2/h30-34,37H,1,10-28H2,2-9H3,(H,46,47);1-2H3/t30-,31+,32?,33?,34?,37?,41-,42+,43+,44+;/m0./s1. The molecular formula is C46H77NO6. The van der Waals surface area contributed by atoms with E-state index in [1.165, 1.54) is 56.9 Å². The van der Waals surface area contributed by atoms with E-state index in [2.05, 4.69) is 48.1 Å². The van der Waals surface area contributed by atoms with E-state index in [0.717, 1.165) is 51.6 Å². The maximum atomic E-state index is 13.2. The van der Waals surface area contributed by atoms with Gasteiger partial charge in [0.25, 0.3) is 0 Å². The molecule has 7 heteroatoms. The summed E-state index contributed by atoms with van der Waals surface area (Å²) in [6.45, 7) is 29.4. The van der Waals surface area contributed by atoms with E-state index in [-0.39, 0.29) is 58.1 Å². The van der Waals surface area contributed by atoms with Gasteiger partial charge in [-0.25, -0.2) is 4.79 Å². The molecule has 6 fully saturated rings. The minimum atomic E-state index is -0.879. The number of piperidine rings is 1. The summed E-state index contributed by atoms with van der Waals surface area (Å²) in [5, 5.41) is 9.34. The van der Waals surface area contributed by atoms with Crippen LogP contribution in [0.4, 0.5) is 4.79 Å². The highest BCUT2D eigenvalue weighted by Gasteiger charge is 2.71. The molecule has 6 aliphatic rings. The number of carbonyl (C=O) groups excluding carboxylic acids is 2. The zero-order chi connectivity index (χ0) is 39.2. The number of allylic oxidation sites excluding steroid dienone is 1. The van der Waals surface area contributed by atoms with E-state index in [9.17, 15) is 19.5 Å². The molecule has 0 bridgehead atoms. The molecular weight excluding hydrogens is 663 g/mol.